The van der Waals surface area contributed by atoms with Gasteiger partial charge in [-0.2, -0.15) is 0 Å². The summed E-state index contributed by atoms with van der Waals surface area (Å²) in [6.07, 6.45) is 0. The first-order chi connectivity index (χ1) is 4.29. The van der Waals surface area contributed by atoms with Gasteiger partial charge in [0.2, 0.25) is 0 Å². The van der Waals surface area contributed by atoms with E-state index >= 15 is 0 Å². The highest BCUT2D eigenvalue weighted by atomic mass is 32.1. The Bertz CT molecular complexity index is 159. The maximum Gasteiger partial charge on any atom is 0.0895 e. The highest BCUT2D eigenvalue weighted by Gasteiger charge is 1.95. The third kappa shape index (κ3) is 2.07. The topological polar surface area (TPSA) is 29.0 Å². The summed E-state index contributed by atoms with van der Waals surface area (Å²) in [4.78, 5) is 2.07. The lowest BCUT2D eigenvalue weighted by Crippen LogP contribution is -2.10. The first-order valence-corrected chi connectivity index (χ1v) is 3.53. The van der Waals surface area contributed by atoms with Gasteiger partial charge in [0.15, 0.2) is 0 Å². The SMILES string of the molecule is CN(C)Cc1csnn1. The Morgan fingerprint density at radius 1 is 1.67 bits per heavy atom. The molecule has 0 N–H and O–H groups in total. The average Bonchev–Trinajstić information content (AvgIpc) is 2.15. The summed E-state index contributed by atoms with van der Waals surface area (Å²) in [7, 11) is 4.03. The Labute approximate surface area is 58.5 Å². The fourth-order valence-electron chi connectivity index (χ4n) is 0.577. The predicted octanol–water partition coefficient (Wildman–Crippen LogP) is 0.600. The van der Waals surface area contributed by atoms with Crippen LogP contribution < -0.4 is 0 Å². The van der Waals surface area contributed by atoms with Gasteiger partial charge in [-0.25, -0.2) is 0 Å². The second-order valence-corrected chi connectivity index (χ2v) is 2.74. The van der Waals surface area contributed by atoms with Crippen LogP contribution in [0, 0.1) is 0 Å². The van der Waals surface area contributed by atoms with Gasteiger partial charge in [-0.15, -0.1) is 5.10 Å². The Morgan fingerprint density at radius 3 is 2.89 bits per heavy atom. The minimum atomic E-state index is 0.885. The van der Waals surface area contributed by atoms with Gasteiger partial charge in [0.05, 0.1) is 5.69 Å². The van der Waals surface area contributed by atoms with Gasteiger partial charge in [0.25, 0.3) is 0 Å². The van der Waals surface area contributed by atoms with E-state index in [0.29, 0.717) is 0 Å². The van der Waals surface area contributed by atoms with E-state index in [1.165, 1.54) is 11.5 Å². The van der Waals surface area contributed by atoms with E-state index in [2.05, 4.69) is 14.5 Å². The van der Waals surface area contributed by atoms with E-state index < -0.39 is 0 Å². The molecule has 0 amide bonds. The lowest BCUT2D eigenvalue weighted by molar-refractivity contribution is 0.396. The van der Waals surface area contributed by atoms with Gasteiger partial charge in [-0.3, -0.25) is 0 Å². The molecule has 1 heterocycles. The molecule has 0 saturated heterocycles. The summed E-state index contributed by atoms with van der Waals surface area (Å²) in [6, 6.07) is 0. The molecule has 0 aromatic carbocycles. The van der Waals surface area contributed by atoms with Crippen molar-refractivity contribution < 1.29 is 0 Å². The van der Waals surface area contributed by atoms with Gasteiger partial charge in [0.1, 0.15) is 0 Å². The molecule has 0 saturated carbocycles. The van der Waals surface area contributed by atoms with Gasteiger partial charge in [-0.1, -0.05) is 4.49 Å². The minimum absolute atomic E-state index is 0.885. The molecular formula is C5H9N3S. The third-order valence-electron chi connectivity index (χ3n) is 0.883. The molecule has 0 spiro atoms. The second-order valence-electron chi connectivity index (χ2n) is 2.13. The molecule has 0 atom stereocenters. The average molecular weight is 143 g/mol. The molecule has 3 nitrogen and oxygen atoms in total. The lowest BCUT2D eigenvalue weighted by atomic mass is 10.5. The van der Waals surface area contributed by atoms with Crippen molar-refractivity contribution in [3.8, 4) is 0 Å². The Kier molecular flexibility index (Phi) is 2.13. The van der Waals surface area contributed by atoms with E-state index in [1.807, 2.05) is 19.5 Å². The van der Waals surface area contributed by atoms with Crippen LogP contribution >= 0.6 is 11.5 Å². The van der Waals surface area contributed by atoms with E-state index in [-0.39, 0.29) is 0 Å². The van der Waals surface area contributed by atoms with Crippen LogP contribution in [0.1, 0.15) is 5.69 Å². The van der Waals surface area contributed by atoms with Crippen molar-refractivity contribution in [2.24, 2.45) is 0 Å². The van der Waals surface area contributed by atoms with Crippen molar-refractivity contribution in [1.29, 1.82) is 0 Å². The summed E-state index contributed by atoms with van der Waals surface area (Å²) in [5.74, 6) is 0. The maximum atomic E-state index is 3.88. The van der Waals surface area contributed by atoms with Crippen LogP contribution in [0.4, 0.5) is 0 Å². The van der Waals surface area contributed by atoms with Gasteiger partial charge in [-0.05, 0) is 25.6 Å². The molecule has 0 aliphatic heterocycles. The van der Waals surface area contributed by atoms with Crippen LogP contribution in [0.5, 0.6) is 0 Å². The van der Waals surface area contributed by atoms with Crippen molar-refractivity contribution in [3.63, 3.8) is 0 Å². The zero-order chi connectivity index (χ0) is 6.69. The third-order valence-corrected chi connectivity index (χ3v) is 1.44. The molecule has 1 rings (SSSR count). The Hall–Kier alpha value is -0.480. The molecular weight excluding hydrogens is 134 g/mol. The molecule has 1 aromatic rings. The molecule has 0 aliphatic rings. The number of hydrogen-bond donors (Lipinski definition) is 0. The highest BCUT2D eigenvalue weighted by Crippen LogP contribution is 1.98. The summed E-state index contributed by atoms with van der Waals surface area (Å²) in [5, 5.41) is 5.84. The molecule has 0 unspecified atom stereocenters. The summed E-state index contributed by atoms with van der Waals surface area (Å²) in [6.45, 7) is 0.885. The molecule has 0 fully saturated rings. The zero-order valence-corrected chi connectivity index (χ0v) is 6.35. The fourth-order valence-corrected chi connectivity index (χ4v) is 1.02. The smallest absolute Gasteiger partial charge is 0.0895 e. The van der Waals surface area contributed by atoms with Crippen molar-refractivity contribution in [2.45, 2.75) is 6.54 Å². The molecule has 0 radical (unpaired) electrons. The van der Waals surface area contributed by atoms with E-state index in [9.17, 15) is 0 Å². The van der Waals surface area contributed by atoms with Crippen LogP contribution in [0.3, 0.4) is 0 Å². The zero-order valence-electron chi connectivity index (χ0n) is 5.53. The van der Waals surface area contributed by atoms with Crippen LogP contribution in [0.2, 0.25) is 0 Å². The number of rotatable bonds is 2. The number of hydrogen-bond acceptors (Lipinski definition) is 4. The standard InChI is InChI=1S/C5H9N3S/c1-8(2)3-5-4-9-7-6-5/h4H,3H2,1-2H3. The van der Waals surface area contributed by atoms with Crippen LogP contribution in [-0.2, 0) is 6.54 Å². The molecule has 0 bridgehead atoms. The van der Waals surface area contributed by atoms with Crippen molar-refractivity contribution >= 4 is 11.5 Å². The maximum absolute atomic E-state index is 3.88. The fraction of sp³-hybridized carbons (Fsp3) is 0.600. The quantitative estimate of drug-likeness (QED) is 0.607. The first kappa shape index (κ1) is 6.64. The van der Waals surface area contributed by atoms with Crippen molar-refractivity contribution in [1.82, 2.24) is 14.5 Å². The normalized spacial score (nSPS) is 10.6. The molecule has 1 aromatic heterocycles. The number of nitrogens with zero attached hydrogens (tertiary/aromatic N) is 3. The predicted molar refractivity (Wildman–Crippen MR) is 37.3 cm³/mol. The second kappa shape index (κ2) is 2.89. The van der Waals surface area contributed by atoms with Gasteiger partial charge >= 0.3 is 0 Å². The highest BCUT2D eigenvalue weighted by molar-refractivity contribution is 7.03. The summed E-state index contributed by atoms with van der Waals surface area (Å²) < 4.78 is 3.74. The Morgan fingerprint density at radius 2 is 2.44 bits per heavy atom. The molecule has 4 heteroatoms. The van der Waals surface area contributed by atoms with Crippen LogP contribution in [0.25, 0.3) is 0 Å². The first-order valence-electron chi connectivity index (χ1n) is 2.69. The van der Waals surface area contributed by atoms with Crippen LogP contribution in [0.15, 0.2) is 5.38 Å². The van der Waals surface area contributed by atoms with Gasteiger partial charge < -0.3 is 4.90 Å². The van der Waals surface area contributed by atoms with E-state index in [0.717, 1.165) is 12.2 Å². The van der Waals surface area contributed by atoms with Crippen molar-refractivity contribution in [2.75, 3.05) is 14.1 Å². The monoisotopic (exact) mass is 143 g/mol. The van der Waals surface area contributed by atoms with Crippen LogP contribution in [-0.4, -0.2) is 28.6 Å². The molecule has 50 valence electrons. The molecule has 0 aliphatic carbocycles. The number of aromatic nitrogens is 2. The lowest BCUT2D eigenvalue weighted by Gasteiger charge is -2.04. The molecule has 9 heavy (non-hydrogen) atoms. The van der Waals surface area contributed by atoms with E-state index in [1.54, 1.807) is 0 Å². The van der Waals surface area contributed by atoms with Gasteiger partial charge in [0, 0.05) is 11.9 Å². The largest absolute Gasteiger partial charge is 0.303 e. The summed E-state index contributed by atoms with van der Waals surface area (Å²) in [5.41, 5.74) is 1.05. The van der Waals surface area contributed by atoms with E-state index in [4.69, 9.17) is 0 Å². The summed E-state index contributed by atoms with van der Waals surface area (Å²) >= 11 is 1.39. The Balaban J connectivity index is 2.48. The van der Waals surface area contributed by atoms with Crippen molar-refractivity contribution in [3.05, 3.63) is 11.1 Å². The minimum Gasteiger partial charge on any atom is -0.303 e.